The van der Waals surface area contributed by atoms with Gasteiger partial charge in [-0.15, -0.1) is 0 Å². The zero-order valence-electron chi connectivity index (χ0n) is 19.2. The molecule has 0 aliphatic carbocycles. The van der Waals surface area contributed by atoms with Crippen molar-refractivity contribution in [2.45, 2.75) is 50.1 Å². The van der Waals surface area contributed by atoms with Gasteiger partial charge in [0.2, 0.25) is 0 Å². The van der Waals surface area contributed by atoms with E-state index in [2.05, 4.69) is 26.7 Å². The Bertz CT molecular complexity index is 958. The number of likely N-dealkylation sites (tertiary alicyclic amines) is 1. The largest absolute Gasteiger partial charge is 0.490 e. The Morgan fingerprint density at radius 1 is 1.11 bits per heavy atom. The first-order valence-corrected chi connectivity index (χ1v) is 11.6. The first kappa shape index (κ1) is 30.5. The highest BCUT2D eigenvalue weighted by Crippen LogP contribution is 2.36. The summed E-state index contributed by atoms with van der Waals surface area (Å²) >= 11 is 1.76. The molecule has 37 heavy (non-hydrogen) atoms. The van der Waals surface area contributed by atoms with E-state index in [0.29, 0.717) is 6.61 Å². The lowest BCUT2D eigenvalue weighted by Crippen LogP contribution is -2.65. The van der Waals surface area contributed by atoms with Gasteiger partial charge in [-0.05, 0) is 40.9 Å². The summed E-state index contributed by atoms with van der Waals surface area (Å²) in [5.41, 5.74) is 2.42. The molecule has 0 radical (unpaired) electrons. The van der Waals surface area contributed by atoms with E-state index >= 15 is 0 Å². The van der Waals surface area contributed by atoms with Gasteiger partial charge in [0.15, 0.2) is 0 Å². The second kappa shape index (κ2) is 13.2. The maximum absolute atomic E-state index is 10.6. The molecule has 15 heteroatoms. The number of aliphatic carboxylic acids is 2. The molecule has 2 fully saturated rings. The molecule has 4 rings (SSSR count). The predicted molar refractivity (Wildman–Crippen MR) is 118 cm³/mol. The van der Waals surface area contributed by atoms with Crippen LogP contribution in [0.5, 0.6) is 0 Å². The second-order valence-corrected chi connectivity index (χ2v) is 8.94. The molecule has 8 nitrogen and oxygen atoms in total. The number of carboxylic acid groups (broad SMARTS) is 2. The van der Waals surface area contributed by atoms with Gasteiger partial charge in [-0.2, -0.15) is 37.7 Å². The third-order valence-corrected chi connectivity index (χ3v) is 5.87. The summed E-state index contributed by atoms with van der Waals surface area (Å²) in [7, 11) is 0. The fourth-order valence-electron chi connectivity index (χ4n) is 3.55. The first-order chi connectivity index (χ1) is 17.2. The molecule has 1 atom stereocenters. The van der Waals surface area contributed by atoms with E-state index in [9.17, 15) is 26.3 Å². The minimum atomic E-state index is -5.08. The van der Waals surface area contributed by atoms with Crippen LogP contribution >= 0.6 is 11.3 Å². The molecule has 2 saturated heterocycles. The molecule has 2 aliphatic heterocycles. The normalized spacial score (nSPS) is 19.0. The fourth-order valence-corrected chi connectivity index (χ4v) is 4.21. The minimum absolute atomic E-state index is 0.0169. The van der Waals surface area contributed by atoms with Gasteiger partial charge in [0.1, 0.15) is 0 Å². The van der Waals surface area contributed by atoms with E-state index in [1.807, 2.05) is 24.4 Å². The van der Waals surface area contributed by atoms with Crippen molar-refractivity contribution >= 4 is 23.3 Å². The van der Waals surface area contributed by atoms with Crippen LogP contribution in [0.25, 0.3) is 0 Å². The lowest BCUT2D eigenvalue weighted by Gasteiger charge is -2.53. The highest BCUT2D eigenvalue weighted by atomic mass is 32.1. The van der Waals surface area contributed by atoms with Crippen LogP contribution in [0.4, 0.5) is 26.3 Å². The van der Waals surface area contributed by atoms with Crippen molar-refractivity contribution in [1.29, 1.82) is 0 Å². The van der Waals surface area contributed by atoms with E-state index in [4.69, 9.17) is 29.3 Å². The average molecular weight is 558 g/mol. The quantitative estimate of drug-likeness (QED) is 0.522. The Morgan fingerprint density at radius 2 is 1.73 bits per heavy atom. The summed E-state index contributed by atoms with van der Waals surface area (Å²) in [6.07, 6.45) is -6.08. The van der Waals surface area contributed by atoms with Crippen molar-refractivity contribution in [3.05, 3.63) is 52.5 Å². The highest BCUT2D eigenvalue weighted by Gasteiger charge is 2.47. The molecule has 2 aliphatic rings. The summed E-state index contributed by atoms with van der Waals surface area (Å²) < 4.78 is 75.7. The van der Waals surface area contributed by atoms with Gasteiger partial charge in [0.25, 0.3) is 0 Å². The summed E-state index contributed by atoms with van der Waals surface area (Å²) in [6.45, 7) is 4.48. The number of nitrogens with zero attached hydrogens (tertiary/aromatic N) is 2. The van der Waals surface area contributed by atoms with Crippen molar-refractivity contribution in [2.24, 2.45) is 0 Å². The number of hydrogen-bond donors (Lipinski definition) is 2. The Morgan fingerprint density at radius 3 is 2.22 bits per heavy atom. The minimum Gasteiger partial charge on any atom is -0.475 e. The number of rotatable bonds is 5. The number of ether oxygens (including phenoxy) is 2. The van der Waals surface area contributed by atoms with Crippen molar-refractivity contribution in [3.63, 3.8) is 0 Å². The number of carboxylic acids is 2. The van der Waals surface area contributed by atoms with Gasteiger partial charge in [0.05, 0.1) is 24.0 Å². The van der Waals surface area contributed by atoms with Crippen molar-refractivity contribution in [2.75, 3.05) is 19.7 Å². The molecule has 0 saturated carbocycles. The van der Waals surface area contributed by atoms with Crippen LogP contribution in [-0.2, 0) is 32.2 Å². The number of halogens is 6. The number of hydrogen-bond acceptors (Lipinski definition) is 7. The molecule has 0 bridgehead atoms. The highest BCUT2D eigenvalue weighted by molar-refractivity contribution is 7.07. The summed E-state index contributed by atoms with van der Waals surface area (Å²) in [5, 5.41) is 18.6. The molecular weight excluding hydrogens is 534 g/mol. The molecule has 206 valence electrons. The predicted octanol–water partition coefficient (Wildman–Crippen LogP) is 4.36. The lowest BCUT2D eigenvalue weighted by molar-refractivity contribution is -0.200. The van der Waals surface area contributed by atoms with Crippen LogP contribution < -0.4 is 0 Å². The number of alkyl halides is 6. The van der Waals surface area contributed by atoms with Crippen LogP contribution in [0.1, 0.15) is 24.1 Å². The van der Waals surface area contributed by atoms with Crippen LogP contribution in [0.3, 0.4) is 0 Å². The maximum Gasteiger partial charge on any atom is 0.490 e. The number of carbonyl (C=O) groups is 2. The summed E-state index contributed by atoms with van der Waals surface area (Å²) in [4.78, 5) is 24.6. The molecule has 1 unspecified atom stereocenters. The van der Waals surface area contributed by atoms with Crippen LogP contribution in [0.2, 0.25) is 0 Å². The molecule has 0 aromatic carbocycles. The van der Waals surface area contributed by atoms with Gasteiger partial charge < -0.3 is 19.7 Å². The third-order valence-electron chi connectivity index (χ3n) is 5.14. The Kier molecular flexibility index (Phi) is 10.8. The van der Waals surface area contributed by atoms with Crippen LogP contribution in [0.15, 0.2) is 41.2 Å². The molecule has 1 spiro atoms. The molecule has 2 N–H and O–H groups in total. The summed E-state index contributed by atoms with van der Waals surface area (Å²) in [5.74, 6) is -5.51. The monoisotopic (exact) mass is 558 g/mol. The van der Waals surface area contributed by atoms with E-state index in [1.54, 1.807) is 11.3 Å². The van der Waals surface area contributed by atoms with Crippen LogP contribution in [0, 0.1) is 0 Å². The van der Waals surface area contributed by atoms with E-state index in [1.165, 1.54) is 5.56 Å². The van der Waals surface area contributed by atoms with E-state index < -0.39 is 24.3 Å². The van der Waals surface area contributed by atoms with Gasteiger partial charge >= 0.3 is 24.3 Å². The fraction of sp³-hybridized carbons (Fsp3) is 0.500. The van der Waals surface area contributed by atoms with Gasteiger partial charge in [-0.3, -0.25) is 9.88 Å². The average Bonchev–Trinajstić information content (AvgIpc) is 3.30. The number of aromatic nitrogens is 1. The maximum atomic E-state index is 10.6. The first-order valence-electron chi connectivity index (χ1n) is 10.7. The topological polar surface area (TPSA) is 109 Å². The number of thiophene rings is 1. The zero-order chi connectivity index (χ0) is 27.7. The molecule has 4 heterocycles. The van der Waals surface area contributed by atoms with E-state index in [0.717, 1.165) is 44.8 Å². The third kappa shape index (κ3) is 10.6. The Hall–Kier alpha value is -2.75. The second-order valence-electron chi connectivity index (χ2n) is 8.16. The Labute approximate surface area is 211 Å². The SMILES string of the molecule is O=C(O)C(F)(F)F.O=C(O)C(F)(F)F.c1ccc(COC2CCOC3(C2)CN(Cc2ccsc2)C3)nc1. The zero-order valence-corrected chi connectivity index (χ0v) is 20.0. The van der Waals surface area contributed by atoms with Crippen molar-refractivity contribution in [3.8, 4) is 0 Å². The molecule has 2 aromatic heterocycles. The molecule has 2 aromatic rings. The standard InChI is InChI=1S/C18H22N2O2S.2C2HF3O2/c1-2-6-19-16(3-1)11-21-17-4-7-22-18(9-17)13-20(14-18)10-15-5-8-23-12-15;2*3-2(4,5)1(6)7/h1-3,5-6,8,12,17H,4,7,9-11,13-14H2;2*(H,6,7). The van der Waals surface area contributed by atoms with Gasteiger partial charge in [-0.25, -0.2) is 9.59 Å². The van der Waals surface area contributed by atoms with Gasteiger partial charge in [0, 0.05) is 38.9 Å². The van der Waals surface area contributed by atoms with Crippen LogP contribution in [-0.4, -0.2) is 75.8 Å². The van der Waals surface area contributed by atoms with Crippen molar-refractivity contribution < 1.29 is 55.6 Å². The van der Waals surface area contributed by atoms with E-state index in [-0.39, 0.29) is 11.7 Å². The molecular formula is C22H24F6N2O6S. The Balaban J connectivity index is 0.000000286. The lowest BCUT2D eigenvalue weighted by atomic mass is 9.84. The number of pyridine rings is 1. The summed E-state index contributed by atoms with van der Waals surface area (Å²) in [6, 6.07) is 8.16. The van der Waals surface area contributed by atoms with Crippen molar-refractivity contribution in [1.82, 2.24) is 9.88 Å². The smallest absolute Gasteiger partial charge is 0.475 e. The van der Waals surface area contributed by atoms with Gasteiger partial charge in [-0.1, -0.05) is 6.07 Å². The molecule has 0 amide bonds.